The Hall–Kier alpha value is -4.18. The molecule has 37 heavy (non-hydrogen) atoms. The van der Waals surface area contributed by atoms with Crippen molar-refractivity contribution in [3.8, 4) is 28.9 Å². The molecule has 2 N–H and O–H groups in total. The second-order valence-electron chi connectivity index (χ2n) is 8.91. The van der Waals surface area contributed by atoms with Gasteiger partial charge in [-0.3, -0.25) is 9.69 Å². The van der Waals surface area contributed by atoms with Crippen LogP contribution in [0, 0.1) is 6.92 Å². The van der Waals surface area contributed by atoms with Crippen LogP contribution < -0.4 is 25.1 Å². The quantitative estimate of drug-likeness (QED) is 0.351. The number of aromatic nitrogens is 4. The maximum Gasteiger partial charge on any atom is 0.319 e. The van der Waals surface area contributed by atoms with Crippen LogP contribution in [0.5, 0.6) is 17.6 Å². The molecule has 0 unspecified atom stereocenters. The highest BCUT2D eigenvalue weighted by Crippen LogP contribution is 2.33. The van der Waals surface area contributed by atoms with E-state index in [2.05, 4.69) is 25.2 Å². The van der Waals surface area contributed by atoms with Crippen molar-refractivity contribution in [2.45, 2.75) is 19.8 Å². The number of methoxy groups -OCH3 is 2. The molecule has 5 rings (SSSR count). The average molecular weight is 503 g/mol. The molecule has 0 aliphatic carbocycles. The third kappa shape index (κ3) is 5.34. The number of rotatable bonds is 9. The largest absolute Gasteiger partial charge is 0.492 e. The van der Waals surface area contributed by atoms with Crippen molar-refractivity contribution in [3.63, 3.8) is 0 Å². The van der Waals surface area contributed by atoms with Gasteiger partial charge < -0.3 is 24.5 Å². The summed E-state index contributed by atoms with van der Waals surface area (Å²) in [6.07, 6.45) is 5.74. The lowest BCUT2D eigenvalue weighted by atomic mass is 10.1. The third-order valence-corrected chi connectivity index (χ3v) is 6.44. The molecular formula is C27H30N6O4. The topological polar surface area (TPSA) is 114 Å². The van der Waals surface area contributed by atoms with Crippen molar-refractivity contribution in [2.75, 3.05) is 45.8 Å². The normalized spacial score (nSPS) is 13.6. The molecule has 1 aliphatic rings. The molecule has 1 aromatic carbocycles. The highest BCUT2D eigenvalue weighted by Gasteiger charge is 2.17. The minimum atomic E-state index is -0.240. The summed E-state index contributed by atoms with van der Waals surface area (Å²) in [6.45, 7) is 5.90. The van der Waals surface area contributed by atoms with Crippen LogP contribution in [0.3, 0.4) is 0 Å². The van der Waals surface area contributed by atoms with E-state index in [0.29, 0.717) is 40.3 Å². The first-order chi connectivity index (χ1) is 18.1. The molecular weight excluding hydrogens is 472 g/mol. The number of fused-ring (bicyclic) bond motifs is 1. The Kier molecular flexibility index (Phi) is 7.18. The van der Waals surface area contributed by atoms with Crippen molar-refractivity contribution in [1.82, 2.24) is 24.8 Å². The zero-order valence-electron chi connectivity index (χ0n) is 21.2. The lowest BCUT2D eigenvalue weighted by Gasteiger charge is -2.17. The molecule has 1 fully saturated rings. The van der Waals surface area contributed by atoms with Gasteiger partial charge in [0.2, 0.25) is 5.88 Å². The number of ether oxygens (including phenoxy) is 3. The van der Waals surface area contributed by atoms with Gasteiger partial charge in [-0.15, -0.1) is 0 Å². The van der Waals surface area contributed by atoms with Crippen LogP contribution in [0.2, 0.25) is 0 Å². The van der Waals surface area contributed by atoms with Crippen molar-refractivity contribution in [1.29, 1.82) is 0 Å². The second kappa shape index (κ2) is 10.8. The molecule has 0 saturated carbocycles. The molecule has 0 radical (unpaired) electrons. The summed E-state index contributed by atoms with van der Waals surface area (Å²) in [5, 5.41) is 4.49. The summed E-state index contributed by atoms with van der Waals surface area (Å²) in [6, 6.07) is 9.68. The fraction of sp³-hybridized carbons (Fsp3) is 0.333. The molecule has 0 atom stereocenters. The van der Waals surface area contributed by atoms with E-state index in [1.807, 2.05) is 37.3 Å². The van der Waals surface area contributed by atoms with E-state index in [1.165, 1.54) is 27.1 Å². The minimum Gasteiger partial charge on any atom is -0.492 e. The molecule has 0 amide bonds. The number of benzene rings is 1. The van der Waals surface area contributed by atoms with Crippen LogP contribution >= 0.6 is 0 Å². The van der Waals surface area contributed by atoms with E-state index in [-0.39, 0.29) is 11.6 Å². The summed E-state index contributed by atoms with van der Waals surface area (Å²) in [5.74, 6) is 1.57. The van der Waals surface area contributed by atoms with E-state index < -0.39 is 0 Å². The molecule has 192 valence electrons. The number of aryl methyl sites for hydroxylation is 1. The van der Waals surface area contributed by atoms with Crippen LogP contribution in [0.4, 0.5) is 11.5 Å². The Balaban J connectivity index is 1.45. The Morgan fingerprint density at radius 2 is 1.92 bits per heavy atom. The number of aromatic amines is 1. The Bertz CT molecular complexity index is 1470. The van der Waals surface area contributed by atoms with Crippen molar-refractivity contribution < 1.29 is 14.2 Å². The van der Waals surface area contributed by atoms with Gasteiger partial charge in [-0.05, 0) is 74.1 Å². The van der Waals surface area contributed by atoms with Crippen molar-refractivity contribution in [2.24, 2.45) is 0 Å². The van der Waals surface area contributed by atoms with Crippen LogP contribution in [0.25, 0.3) is 22.0 Å². The fourth-order valence-electron chi connectivity index (χ4n) is 4.54. The van der Waals surface area contributed by atoms with Crippen LogP contribution in [0.1, 0.15) is 18.4 Å². The van der Waals surface area contributed by atoms with Crippen LogP contribution in [0.15, 0.2) is 47.5 Å². The molecule has 3 aromatic heterocycles. The van der Waals surface area contributed by atoms with E-state index in [9.17, 15) is 4.79 Å². The zero-order valence-corrected chi connectivity index (χ0v) is 21.2. The fourth-order valence-corrected chi connectivity index (χ4v) is 4.54. The second-order valence-corrected chi connectivity index (χ2v) is 8.91. The summed E-state index contributed by atoms with van der Waals surface area (Å²) in [7, 11) is 3.01. The number of hydrogen-bond donors (Lipinski definition) is 2. The predicted molar refractivity (Wildman–Crippen MR) is 142 cm³/mol. The van der Waals surface area contributed by atoms with Gasteiger partial charge in [-0.2, -0.15) is 4.98 Å². The molecule has 10 nitrogen and oxygen atoms in total. The van der Waals surface area contributed by atoms with Crippen molar-refractivity contribution in [3.05, 3.63) is 58.6 Å². The number of likely N-dealkylation sites (tertiary alicyclic amines) is 1. The number of anilines is 2. The molecule has 10 heteroatoms. The lowest BCUT2D eigenvalue weighted by molar-refractivity contribution is 0.237. The van der Waals surface area contributed by atoms with Gasteiger partial charge in [0.15, 0.2) is 0 Å². The lowest BCUT2D eigenvalue weighted by Crippen LogP contribution is -2.25. The predicted octanol–water partition coefficient (Wildman–Crippen LogP) is 3.92. The molecule has 0 bridgehead atoms. The van der Waals surface area contributed by atoms with E-state index in [1.54, 1.807) is 12.4 Å². The van der Waals surface area contributed by atoms with Gasteiger partial charge in [0.1, 0.15) is 18.2 Å². The maximum atomic E-state index is 12.8. The SMILES string of the molecule is COc1ncc(-c2cc3cc[nH]c(=O)c3c(Nc3ccc(OCCN4CCCC4)c(C)c3)n2)c(OC)n1. The molecule has 1 aliphatic heterocycles. The Morgan fingerprint density at radius 1 is 1.08 bits per heavy atom. The smallest absolute Gasteiger partial charge is 0.319 e. The number of nitrogens with zero attached hydrogens (tertiary/aromatic N) is 4. The minimum absolute atomic E-state index is 0.189. The van der Waals surface area contributed by atoms with Crippen LogP contribution in [-0.2, 0) is 0 Å². The summed E-state index contributed by atoms with van der Waals surface area (Å²) in [4.78, 5) is 31.2. The summed E-state index contributed by atoms with van der Waals surface area (Å²) < 4.78 is 16.6. The van der Waals surface area contributed by atoms with E-state index >= 15 is 0 Å². The first kappa shape index (κ1) is 24.5. The van der Waals surface area contributed by atoms with Gasteiger partial charge in [-0.1, -0.05) is 0 Å². The van der Waals surface area contributed by atoms with Gasteiger partial charge >= 0.3 is 6.01 Å². The highest BCUT2D eigenvalue weighted by atomic mass is 16.5. The monoisotopic (exact) mass is 502 g/mol. The van der Waals surface area contributed by atoms with Crippen molar-refractivity contribution >= 4 is 22.3 Å². The average Bonchev–Trinajstić information content (AvgIpc) is 3.43. The zero-order chi connectivity index (χ0) is 25.8. The molecule has 0 spiro atoms. The standard InChI is InChI=1S/C27H30N6O4/c1-17-14-19(6-7-22(17)37-13-12-33-10-4-5-11-33)30-24-23-18(8-9-28-25(23)34)15-21(31-24)20-16-29-27(36-3)32-26(20)35-2/h6-9,14-16H,4-5,10-13H2,1-3H3,(H,28,34)(H,30,31). The maximum absolute atomic E-state index is 12.8. The number of hydrogen-bond acceptors (Lipinski definition) is 9. The highest BCUT2D eigenvalue weighted by molar-refractivity contribution is 5.95. The van der Waals surface area contributed by atoms with Gasteiger partial charge in [0.05, 0.1) is 30.9 Å². The van der Waals surface area contributed by atoms with Gasteiger partial charge in [0, 0.05) is 24.6 Å². The number of pyridine rings is 2. The summed E-state index contributed by atoms with van der Waals surface area (Å²) >= 11 is 0. The number of nitrogens with one attached hydrogen (secondary N) is 2. The van der Waals surface area contributed by atoms with Gasteiger partial charge in [-0.25, -0.2) is 9.97 Å². The van der Waals surface area contributed by atoms with E-state index in [4.69, 9.17) is 19.2 Å². The number of H-pyrrole nitrogens is 1. The Labute approximate surface area is 214 Å². The molecule has 4 heterocycles. The Morgan fingerprint density at radius 3 is 2.68 bits per heavy atom. The van der Waals surface area contributed by atoms with Crippen LogP contribution in [-0.4, -0.2) is 65.3 Å². The first-order valence-electron chi connectivity index (χ1n) is 12.3. The third-order valence-electron chi connectivity index (χ3n) is 6.44. The van der Waals surface area contributed by atoms with Gasteiger partial charge in [0.25, 0.3) is 5.56 Å². The first-order valence-corrected chi connectivity index (χ1v) is 12.3. The summed E-state index contributed by atoms with van der Waals surface area (Å²) in [5.41, 5.74) is 2.67. The van der Waals surface area contributed by atoms with E-state index in [0.717, 1.165) is 36.6 Å². The molecule has 4 aromatic rings. The molecule has 1 saturated heterocycles.